The van der Waals surface area contributed by atoms with Crippen molar-refractivity contribution < 1.29 is 40.7 Å². The van der Waals surface area contributed by atoms with Crippen LogP contribution in [-0.4, -0.2) is 32.4 Å². The zero-order chi connectivity index (χ0) is 31.9. The maximum Gasteiger partial charge on any atom is 0.435 e. The molecule has 0 spiro atoms. The Balaban J connectivity index is 1.54. The van der Waals surface area contributed by atoms with Crippen LogP contribution in [0.25, 0.3) is 11.1 Å². The molecule has 44 heavy (non-hydrogen) atoms. The standard InChI is InChI=1S/C30H23F6N5O3/c1-14-7-23-25(27(14)43)28(30(34,35)36)40-41(23)13-24(42)39-22(10-15-8-17(31)12-18(32)9-15)26-19(3-2-6-38-26)16-4-5-21(33)20(11-16)29(37)44/h2-6,8-9,11-12,14,22H,7,10,13H2,1H3,(H2,37,44)(H,39,42)/t14?,22-/m0/s1. The summed E-state index contributed by atoms with van der Waals surface area (Å²) in [6, 6.07) is 8.22. The van der Waals surface area contributed by atoms with Gasteiger partial charge in [0.15, 0.2) is 11.5 Å². The van der Waals surface area contributed by atoms with Crippen molar-refractivity contribution >= 4 is 17.6 Å². The first-order chi connectivity index (χ1) is 20.7. The number of hydrogen-bond acceptors (Lipinski definition) is 5. The number of carbonyl (C=O) groups is 3. The first kappa shape index (κ1) is 30.4. The Bertz CT molecular complexity index is 1780. The van der Waals surface area contributed by atoms with Crippen LogP contribution in [0.4, 0.5) is 26.3 Å². The summed E-state index contributed by atoms with van der Waals surface area (Å²) in [7, 11) is 0. The normalized spacial score (nSPS) is 15.2. The van der Waals surface area contributed by atoms with Gasteiger partial charge in [0.25, 0.3) is 5.91 Å². The number of amides is 2. The lowest BCUT2D eigenvalue weighted by Gasteiger charge is -2.22. The van der Waals surface area contributed by atoms with E-state index < -0.39 is 76.6 Å². The van der Waals surface area contributed by atoms with Crippen molar-refractivity contribution in [2.75, 3.05) is 0 Å². The molecule has 0 saturated carbocycles. The molecular formula is C30H23F6N5O3. The van der Waals surface area contributed by atoms with Crippen molar-refractivity contribution in [2.45, 2.75) is 38.5 Å². The van der Waals surface area contributed by atoms with Crippen LogP contribution in [0.2, 0.25) is 0 Å². The second-order valence-corrected chi connectivity index (χ2v) is 10.4. The number of nitrogens with one attached hydrogen (secondary N) is 1. The summed E-state index contributed by atoms with van der Waals surface area (Å²) in [5.41, 5.74) is 3.72. The average molecular weight is 616 g/mol. The minimum Gasteiger partial charge on any atom is -0.366 e. The molecule has 2 amide bonds. The lowest BCUT2D eigenvalue weighted by atomic mass is 9.94. The zero-order valence-corrected chi connectivity index (χ0v) is 22.9. The monoisotopic (exact) mass is 615 g/mol. The van der Waals surface area contributed by atoms with Crippen LogP contribution in [0.15, 0.2) is 54.7 Å². The molecule has 1 aliphatic rings. The molecule has 14 heteroatoms. The van der Waals surface area contributed by atoms with Gasteiger partial charge in [-0.05, 0) is 54.3 Å². The first-order valence-electron chi connectivity index (χ1n) is 13.2. The molecule has 0 saturated heterocycles. The minimum absolute atomic E-state index is 0.0301. The number of benzene rings is 2. The van der Waals surface area contributed by atoms with Crippen molar-refractivity contribution in [1.29, 1.82) is 0 Å². The fourth-order valence-corrected chi connectivity index (χ4v) is 5.30. The van der Waals surface area contributed by atoms with E-state index >= 15 is 0 Å². The minimum atomic E-state index is -4.93. The molecule has 2 heterocycles. The van der Waals surface area contributed by atoms with E-state index in [0.29, 0.717) is 11.6 Å². The van der Waals surface area contributed by atoms with Gasteiger partial charge in [-0.25, -0.2) is 13.2 Å². The highest BCUT2D eigenvalue weighted by molar-refractivity contribution is 6.03. The van der Waals surface area contributed by atoms with Crippen LogP contribution < -0.4 is 11.1 Å². The molecule has 228 valence electrons. The van der Waals surface area contributed by atoms with E-state index in [-0.39, 0.29) is 35.4 Å². The van der Waals surface area contributed by atoms with E-state index in [1.165, 1.54) is 31.3 Å². The number of nitrogens with zero attached hydrogens (tertiary/aromatic N) is 3. The van der Waals surface area contributed by atoms with Crippen LogP contribution in [0.5, 0.6) is 0 Å². The van der Waals surface area contributed by atoms with Crippen molar-refractivity contribution in [1.82, 2.24) is 20.1 Å². The molecule has 0 aliphatic heterocycles. The van der Waals surface area contributed by atoms with Crippen molar-refractivity contribution in [3.63, 3.8) is 0 Å². The number of primary amides is 1. The van der Waals surface area contributed by atoms with Gasteiger partial charge in [0, 0.05) is 23.7 Å². The SMILES string of the molecule is CC1Cc2c(c(C(F)(F)F)nn2CC(=O)N[C@@H](Cc2cc(F)cc(F)c2)c2ncccc2-c2ccc(F)c(C(N)=O)c2)C1=O. The Morgan fingerprint density at radius 3 is 2.45 bits per heavy atom. The number of rotatable bonds is 8. The molecule has 0 radical (unpaired) electrons. The highest BCUT2D eigenvalue weighted by atomic mass is 19.4. The third-order valence-corrected chi connectivity index (χ3v) is 7.22. The number of Topliss-reactive ketones (excluding diaryl/α,β-unsaturated/α-hetero) is 1. The van der Waals surface area contributed by atoms with Crippen LogP contribution in [-0.2, 0) is 30.4 Å². The summed E-state index contributed by atoms with van der Waals surface area (Å²) in [5, 5.41) is 6.18. The predicted molar refractivity (Wildman–Crippen MR) is 144 cm³/mol. The van der Waals surface area contributed by atoms with Crippen molar-refractivity contribution in [3.05, 3.63) is 106 Å². The summed E-state index contributed by atoms with van der Waals surface area (Å²) in [5.74, 6) is -5.98. The molecular weight excluding hydrogens is 592 g/mol. The lowest BCUT2D eigenvalue weighted by Crippen LogP contribution is -2.34. The van der Waals surface area contributed by atoms with Gasteiger partial charge in [-0.3, -0.25) is 24.0 Å². The molecule has 0 fully saturated rings. The number of carbonyl (C=O) groups excluding carboxylic acids is 3. The van der Waals surface area contributed by atoms with E-state index in [9.17, 15) is 40.7 Å². The van der Waals surface area contributed by atoms with E-state index in [4.69, 9.17) is 5.73 Å². The lowest BCUT2D eigenvalue weighted by molar-refractivity contribution is -0.142. The molecule has 2 aromatic heterocycles. The van der Waals surface area contributed by atoms with Crippen LogP contribution >= 0.6 is 0 Å². The van der Waals surface area contributed by atoms with Crippen molar-refractivity contribution in [2.24, 2.45) is 11.7 Å². The van der Waals surface area contributed by atoms with E-state index in [2.05, 4.69) is 15.4 Å². The number of alkyl halides is 3. The third-order valence-electron chi connectivity index (χ3n) is 7.22. The van der Waals surface area contributed by atoms with Gasteiger partial charge in [0.05, 0.1) is 28.6 Å². The predicted octanol–water partition coefficient (Wildman–Crippen LogP) is 4.96. The topological polar surface area (TPSA) is 120 Å². The number of fused-ring (bicyclic) bond motifs is 1. The second-order valence-electron chi connectivity index (χ2n) is 10.4. The quantitative estimate of drug-likeness (QED) is 0.272. The summed E-state index contributed by atoms with van der Waals surface area (Å²) < 4.78 is 84.2. The highest BCUT2D eigenvalue weighted by Crippen LogP contribution is 2.38. The van der Waals surface area contributed by atoms with Gasteiger partial charge < -0.3 is 11.1 Å². The Labute approximate surface area is 245 Å². The number of aromatic nitrogens is 3. The van der Waals surface area contributed by atoms with Gasteiger partial charge >= 0.3 is 6.18 Å². The molecule has 4 aromatic rings. The molecule has 3 N–H and O–H groups in total. The number of ketones is 1. The summed E-state index contributed by atoms with van der Waals surface area (Å²) in [4.78, 5) is 41.9. The largest absolute Gasteiger partial charge is 0.435 e. The van der Waals surface area contributed by atoms with Gasteiger partial charge in [-0.1, -0.05) is 19.1 Å². The van der Waals surface area contributed by atoms with Crippen molar-refractivity contribution in [3.8, 4) is 11.1 Å². The molecule has 8 nitrogen and oxygen atoms in total. The van der Waals surface area contributed by atoms with Crippen LogP contribution in [0.3, 0.4) is 0 Å². The maximum absolute atomic E-state index is 14.2. The highest BCUT2D eigenvalue weighted by Gasteiger charge is 2.45. The van der Waals surface area contributed by atoms with E-state index in [1.807, 2.05) is 0 Å². The summed E-state index contributed by atoms with van der Waals surface area (Å²) in [6.45, 7) is 0.764. The molecule has 0 bridgehead atoms. The molecule has 1 unspecified atom stereocenters. The van der Waals surface area contributed by atoms with Gasteiger partial charge in [-0.15, -0.1) is 0 Å². The van der Waals surface area contributed by atoms with Crippen LogP contribution in [0.1, 0.15) is 56.3 Å². The summed E-state index contributed by atoms with van der Waals surface area (Å²) >= 11 is 0. The van der Waals surface area contributed by atoms with Gasteiger partial charge in [-0.2, -0.15) is 18.3 Å². The van der Waals surface area contributed by atoms with Crippen LogP contribution in [0, 0.1) is 23.4 Å². The molecule has 5 rings (SSSR count). The number of hydrogen-bond donors (Lipinski definition) is 2. The van der Waals surface area contributed by atoms with E-state index in [0.717, 1.165) is 22.9 Å². The smallest absolute Gasteiger partial charge is 0.366 e. The fraction of sp³-hybridized carbons (Fsp3) is 0.233. The Hall–Kier alpha value is -5.01. The Morgan fingerprint density at radius 2 is 1.80 bits per heavy atom. The van der Waals surface area contributed by atoms with Gasteiger partial charge in [0.2, 0.25) is 5.91 Å². The second kappa shape index (κ2) is 11.6. The number of pyridine rings is 1. The first-order valence-corrected chi connectivity index (χ1v) is 13.2. The molecule has 2 aromatic carbocycles. The Morgan fingerprint density at radius 1 is 1.09 bits per heavy atom. The van der Waals surface area contributed by atoms with Gasteiger partial charge in [0.1, 0.15) is 24.0 Å². The molecule has 1 aliphatic carbocycles. The maximum atomic E-state index is 14.2. The number of halogens is 6. The summed E-state index contributed by atoms with van der Waals surface area (Å²) in [6.07, 6.45) is -3.84. The zero-order valence-electron chi connectivity index (χ0n) is 22.9. The molecule has 2 atom stereocenters. The third kappa shape index (κ3) is 6.05. The fourth-order valence-electron chi connectivity index (χ4n) is 5.30. The number of nitrogens with two attached hydrogens (primary N) is 1. The Kier molecular flexibility index (Phi) is 8.02. The average Bonchev–Trinajstić information content (AvgIpc) is 3.43. The van der Waals surface area contributed by atoms with E-state index in [1.54, 1.807) is 6.07 Å².